The fraction of sp³-hybridized carbons (Fsp3) is 0.292. The molecule has 32 heavy (non-hydrogen) atoms. The highest BCUT2D eigenvalue weighted by atomic mass is 19.4. The lowest BCUT2D eigenvalue weighted by molar-refractivity contribution is -0.137. The molecule has 2 aromatic carbocycles. The number of furan rings is 1. The first-order valence-corrected chi connectivity index (χ1v) is 10.3. The van der Waals surface area contributed by atoms with E-state index in [2.05, 4.69) is 22.2 Å². The van der Waals surface area contributed by atoms with Crippen LogP contribution in [0.1, 0.15) is 21.7 Å². The van der Waals surface area contributed by atoms with Gasteiger partial charge in [0.25, 0.3) is 5.91 Å². The second kappa shape index (κ2) is 8.70. The van der Waals surface area contributed by atoms with Gasteiger partial charge in [0, 0.05) is 43.1 Å². The van der Waals surface area contributed by atoms with E-state index in [4.69, 9.17) is 4.42 Å². The van der Waals surface area contributed by atoms with Gasteiger partial charge in [-0.15, -0.1) is 0 Å². The minimum Gasteiger partial charge on any atom is -0.451 e. The molecule has 0 aliphatic carbocycles. The number of aryl methyl sites for hydroxylation is 1. The summed E-state index contributed by atoms with van der Waals surface area (Å²) >= 11 is 0. The Morgan fingerprint density at radius 2 is 1.75 bits per heavy atom. The number of carbonyl (C=O) groups is 1. The smallest absolute Gasteiger partial charge is 0.416 e. The number of halogens is 3. The van der Waals surface area contributed by atoms with Crippen LogP contribution in [0.5, 0.6) is 0 Å². The highest BCUT2D eigenvalue weighted by Gasteiger charge is 2.30. The van der Waals surface area contributed by atoms with E-state index in [0.29, 0.717) is 5.69 Å². The molecule has 8 heteroatoms. The third-order valence-electron chi connectivity index (χ3n) is 5.63. The minimum absolute atomic E-state index is 0.0277. The molecule has 1 saturated heterocycles. The first-order chi connectivity index (χ1) is 15.2. The molecule has 4 rings (SSSR count). The summed E-state index contributed by atoms with van der Waals surface area (Å²) in [6, 6.07) is 13.6. The van der Waals surface area contributed by atoms with Crippen LogP contribution < -0.4 is 10.2 Å². The Labute approximate surface area is 184 Å². The first-order valence-electron chi connectivity index (χ1n) is 10.3. The van der Waals surface area contributed by atoms with Crippen LogP contribution in [0.3, 0.4) is 0 Å². The molecule has 0 unspecified atom stereocenters. The van der Waals surface area contributed by atoms with Gasteiger partial charge in [0.2, 0.25) is 0 Å². The van der Waals surface area contributed by atoms with E-state index in [-0.39, 0.29) is 17.1 Å². The minimum atomic E-state index is -4.45. The zero-order valence-corrected chi connectivity index (χ0v) is 17.9. The maximum Gasteiger partial charge on any atom is 0.416 e. The topological polar surface area (TPSA) is 48.7 Å². The van der Waals surface area contributed by atoms with Crippen molar-refractivity contribution in [2.45, 2.75) is 13.1 Å². The molecule has 0 saturated carbocycles. The second-order valence-corrected chi connectivity index (χ2v) is 7.99. The van der Waals surface area contributed by atoms with Crippen LogP contribution in [0, 0.1) is 6.92 Å². The molecule has 1 aliphatic rings. The standard InChI is InChI=1S/C24H24F3N3O2/c1-16-14-19(30-12-10-29(2)11-13-30)6-7-20(16)28-23(31)22-9-8-21(32-22)17-4-3-5-18(15-17)24(25,26)27/h3-9,14-15H,10-13H2,1-2H3,(H,28,31). The Morgan fingerprint density at radius 1 is 1.00 bits per heavy atom. The SMILES string of the molecule is Cc1cc(N2CCN(C)CC2)ccc1NC(=O)c1ccc(-c2cccc(C(F)(F)F)c2)o1. The summed E-state index contributed by atoms with van der Waals surface area (Å²) in [5, 5.41) is 2.82. The molecule has 1 aromatic heterocycles. The molecule has 2 heterocycles. The lowest BCUT2D eigenvalue weighted by atomic mass is 10.1. The van der Waals surface area contributed by atoms with Gasteiger partial charge in [-0.1, -0.05) is 12.1 Å². The molecule has 0 radical (unpaired) electrons. The highest BCUT2D eigenvalue weighted by Crippen LogP contribution is 2.33. The van der Waals surface area contributed by atoms with Gasteiger partial charge in [-0.2, -0.15) is 13.2 Å². The van der Waals surface area contributed by atoms with Crippen LogP contribution in [0.2, 0.25) is 0 Å². The van der Waals surface area contributed by atoms with E-state index in [0.717, 1.165) is 49.6 Å². The number of hydrogen-bond donors (Lipinski definition) is 1. The molecule has 1 aliphatic heterocycles. The second-order valence-electron chi connectivity index (χ2n) is 7.99. The van der Waals surface area contributed by atoms with Gasteiger partial charge < -0.3 is 19.5 Å². The summed E-state index contributed by atoms with van der Waals surface area (Å²) in [7, 11) is 2.11. The fourth-order valence-corrected chi connectivity index (χ4v) is 3.70. The van der Waals surface area contributed by atoms with Crippen LogP contribution in [0.25, 0.3) is 11.3 Å². The van der Waals surface area contributed by atoms with Gasteiger partial charge in [0.05, 0.1) is 5.56 Å². The summed E-state index contributed by atoms with van der Waals surface area (Å²) in [5.41, 5.74) is 2.17. The predicted octanol–water partition coefficient (Wildman–Crippen LogP) is 5.28. The molecular formula is C24H24F3N3O2. The number of benzene rings is 2. The van der Waals surface area contributed by atoms with Gasteiger partial charge in [-0.25, -0.2) is 0 Å². The van der Waals surface area contributed by atoms with Gasteiger partial charge >= 0.3 is 6.18 Å². The largest absolute Gasteiger partial charge is 0.451 e. The third-order valence-corrected chi connectivity index (χ3v) is 5.63. The predicted molar refractivity (Wildman–Crippen MR) is 118 cm³/mol. The van der Waals surface area contributed by atoms with E-state index in [9.17, 15) is 18.0 Å². The fourth-order valence-electron chi connectivity index (χ4n) is 3.70. The monoisotopic (exact) mass is 443 g/mol. The van der Waals surface area contributed by atoms with E-state index in [1.807, 2.05) is 25.1 Å². The van der Waals surface area contributed by atoms with Crippen molar-refractivity contribution < 1.29 is 22.4 Å². The summed E-state index contributed by atoms with van der Waals surface area (Å²) in [6.45, 7) is 5.83. The highest BCUT2D eigenvalue weighted by molar-refractivity contribution is 6.03. The van der Waals surface area contributed by atoms with Crippen LogP contribution in [0.4, 0.5) is 24.5 Å². The Kier molecular flexibility index (Phi) is 5.97. The number of rotatable bonds is 4. The van der Waals surface area contributed by atoms with Crippen molar-refractivity contribution in [1.29, 1.82) is 0 Å². The number of nitrogens with zero attached hydrogens (tertiary/aromatic N) is 2. The number of anilines is 2. The Bertz CT molecular complexity index is 1120. The lowest BCUT2D eigenvalue weighted by Gasteiger charge is -2.34. The van der Waals surface area contributed by atoms with Crippen molar-refractivity contribution in [2.24, 2.45) is 0 Å². The third kappa shape index (κ3) is 4.80. The maximum atomic E-state index is 13.0. The van der Waals surface area contributed by atoms with Crippen molar-refractivity contribution in [3.05, 3.63) is 71.5 Å². The molecular weight excluding hydrogens is 419 g/mol. The van der Waals surface area contributed by atoms with Crippen LogP contribution in [-0.4, -0.2) is 44.0 Å². The van der Waals surface area contributed by atoms with E-state index < -0.39 is 17.6 Å². The lowest BCUT2D eigenvalue weighted by Crippen LogP contribution is -2.44. The maximum absolute atomic E-state index is 13.0. The molecule has 0 atom stereocenters. The molecule has 1 fully saturated rings. The summed E-state index contributed by atoms with van der Waals surface area (Å²) in [6.07, 6.45) is -4.45. The molecule has 1 amide bonds. The number of amides is 1. The average molecular weight is 443 g/mol. The Hall–Kier alpha value is -3.26. The molecule has 5 nitrogen and oxygen atoms in total. The molecule has 3 aromatic rings. The first kappa shape index (κ1) is 22.0. The van der Waals surface area contributed by atoms with Crippen molar-refractivity contribution >= 4 is 17.3 Å². The molecule has 0 bridgehead atoms. The van der Waals surface area contributed by atoms with E-state index in [1.165, 1.54) is 24.3 Å². The number of carbonyl (C=O) groups excluding carboxylic acids is 1. The molecule has 1 N–H and O–H groups in total. The number of likely N-dealkylation sites (N-methyl/N-ethyl adjacent to an activating group) is 1. The van der Waals surface area contributed by atoms with Gasteiger partial charge in [0.1, 0.15) is 5.76 Å². The zero-order chi connectivity index (χ0) is 22.9. The van der Waals surface area contributed by atoms with Crippen LogP contribution in [-0.2, 0) is 6.18 Å². The summed E-state index contributed by atoms with van der Waals surface area (Å²) < 4.78 is 44.4. The van der Waals surface area contributed by atoms with E-state index >= 15 is 0 Å². The van der Waals surface area contributed by atoms with Gasteiger partial charge in [0.15, 0.2) is 5.76 Å². The quantitative estimate of drug-likeness (QED) is 0.596. The normalized spacial score (nSPS) is 15.1. The molecule has 0 spiro atoms. The Morgan fingerprint density at radius 3 is 2.44 bits per heavy atom. The summed E-state index contributed by atoms with van der Waals surface area (Å²) in [4.78, 5) is 17.3. The van der Waals surface area contributed by atoms with Crippen molar-refractivity contribution in [3.63, 3.8) is 0 Å². The van der Waals surface area contributed by atoms with Gasteiger partial charge in [-0.05, 0) is 62.0 Å². The van der Waals surface area contributed by atoms with Gasteiger partial charge in [-0.3, -0.25) is 4.79 Å². The summed E-state index contributed by atoms with van der Waals surface area (Å²) in [5.74, 6) is -0.234. The van der Waals surface area contributed by atoms with Crippen LogP contribution >= 0.6 is 0 Å². The van der Waals surface area contributed by atoms with Crippen molar-refractivity contribution in [1.82, 2.24) is 4.90 Å². The number of alkyl halides is 3. The average Bonchev–Trinajstić information content (AvgIpc) is 3.26. The number of nitrogens with one attached hydrogen (secondary N) is 1. The van der Waals surface area contributed by atoms with Crippen LogP contribution in [0.15, 0.2) is 59.0 Å². The zero-order valence-electron chi connectivity index (χ0n) is 17.9. The number of hydrogen-bond acceptors (Lipinski definition) is 4. The molecule has 168 valence electrons. The van der Waals surface area contributed by atoms with E-state index in [1.54, 1.807) is 0 Å². The van der Waals surface area contributed by atoms with Crippen molar-refractivity contribution in [2.75, 3.05) is 43.4 Å². The number of piperazine rings is 1. The van der Waals surface area contributed by atoms with Crippen molar-refractivity contribution in [3.8, 4) is 11.3 Å². The Balaban J connectivity index is 1.47.